The molecule has 1 saturated carbocycles. The molecule has 0 radical (unpaired) electrons. The molecular weight excluding hydrogens is 314 g/mol. The maximum absolute atomic E-state index is 5.34. The number of hydrazine groups is 1. The fraction of sp³-hybridized carbons (Fsp3) is 0.867. The number of rotatable bonds is 5. The Morgan fingerprint density at radius 2 is 1.77 bits per heavy atom. The van der Waals surface area contributed by atoms with Crippen molar-refractivity contribution in [1.29, 1.82) is 0 Å². The molecule has 4 N–H and O–H groups in total. The van der Waals surface area contributed by atoms with Gasteiger partial charge in [-0.15, -0.1) is 0 Å². The molecule has 0 amide bonds. The van der Waals surface area contributed by atoms with Gasteiger partial charge in [0.2, 0.25) is 0 Å². The Morgan fingerprint density at radius 1 is 1.09 bits per heavy atom. The van der Waals surface area contributed by atoms with Crippen LogP contribution < -0.4 is 21.5 Å². The Kier molecular flexibility index (Phi) is 8.97. The quantitative estimate of drug-likeness (QED) is 0.343. The van der Waals surface area contributed by atoms with E-state index in [9.17, 15) is 0 Å². The Labute approximate surface area is 145 Å². The zero-order chi connectivity index (χ0) is 16.5. The Bertz CT molecular complexity index is 362. The average molecular weight is 346 g/mol. The second kappa shape index (κ2) is 10.2. The Hall–Kier alpha value is -0.660. The topological polar surface area (TPSA) is 51.4 Å². The van der Waals surface area contributed by atoms with Gasteiger partial charge in [-0.2, -0.15) is 0 Å². The van der Waals surface area contributed by atoms with Crippen LogP contribution in [0.15, 0.2) is 0 Å². The predicted octanol–water partition coefficient (Wildman–Crippen LogP) is 1.61. The van der Waals surface area contributed by atoms with Crippen molar-refractivity contribution in [1.82, 2.24) is 26.4 Å². The molecular formula is C15H31N5S2. The van der Waals surface area contributed by atoms with E-state index in [1.54, 1.807) is 0 Å². The molecule has 128 valence electrons. The van der Waals surface area contributed by atoms with E-state index in [1.807, 2.05) is 0 Å². The lowest BCUT2D eigenvalue weighted by molar-refractivity contribution is 0.224. The third-order valence-electron chi connectivity index (χ3n) is 4.38. The number of hydrogen-bond donors (Lipinski definition) is 4. The first kappa shape index (κ1) is 19.4. The maximum Gasteiger partial charge on any atom is 0.185 e. The molecule has 0 aliphatic heterocycles. The van der Waals surface area contributed by atoms with Crippen molar-refractivity contribution < 1.29 is 0 Å². The summed E-state index contributed by atoms with van der Waals surface area (Å²) in [7, 11) is 4.13. The fourth-order valence-electron chi connectivity index (χ4n) is 2.75. The Morgan fingerprint density at radius 3 is 2.45 bits per heavy atom. The van der Waals surface area contributed by atoms with Crippen LogP contribution in [0.1, 0.15) is 39.5 Å². The first-order valence-corrected chi connectivity index (χ1v) is 8.97. The molecule has 5 nitrogen and oxygen atoms in total. The standard InChI is InChI=1S/C15H31N5S2/c1-11-7-5-8-13(12(11)2)17-15(22)19-18-14(21)16-9-6-10-20(3)4/h11-13H,5-10H2,1-4H3,(H2,16,18,21)(H2,17,19,22)/t11-,12+,13-/m0/s1. The molecule has 3 atom stereocenters. The third-order valence-corrected chi connectivity index (χ3v) is 4.85. The minimum Gasteiger partial charge on any atom is -0.361 e. The van der Waals surface area contributed by atoms with Crippen molar-refractivity contribution in [3.8, 4) is 0 Å². The van der Waals surface area contributed by atoms with Crippen LogP contribution >= 0.6 is 24.4 Å². The van der Waals surface area contributed by atoms with Crippen molar-refractivity contribution in [3.63, 3.8) is 0 Å². The van der Waals surface area contributed by atoms with Crippen LogP contribution in [-0.4, -0.2) is 48.4 Å². The summed E-state index contributed by atoms with van der Waals surface area (Å²) < 4.78 is 0. The fourth-order valence-corrected chi connectivity index (χ4v) is 3.10. The summed E-state index contributed by atoms with van der Waals surface area (Å²) in [4.78, 5) is 2.15. The van der Waals surface area contributed by atoms with Crippen molar-refractivity contribution in [2.45, 2.75) is 45.6 Å². The second-order valence-electron chi connectivity index (χ2n) is 6.51. The van der Waals surface area contributed by atoms with Crippen molar-refractivity contribution >= 4 is 34.7 Å². The van der Waals surface area contributed by atoms with Crippen molar-refractivity contribution in [2.24, 2.45) is 11.8 Å². The van der Waals surface area contributed by atoms with Crippen LogP contribution in [0.2, 0.25) is 0 Å². The van der Waals surface area contributed by atoms with Gasteiger partial charge in [-0.1, -0.05) is 26.7 Å². The molecule has 0 aromatic carbocycles. The highest BCUT2D eigenvalue weighted by Gasteiger charge is 2.27. The van der Waals surface area contributed by atoms with E-state index in [4.69, 9.17) is 24.4 Å². The van der Waals surface area contributed by atoms with Crippen molar-refractivity contribution in [3.05, 3.63) is 0 Å². The zero-order valence-electron chi connectivity index (χ0n) is 14.2. The van der Waals surface area contributed by atoms with Crippen LogP contribution in [0.3, 0.4) is 0 Å². The van der Waals surface area contributed by atoms with Crippen LogP contribution in [0.25, 0.3) is 0 Å². The molecule has 1 fully saturated rings. The molecule has 0 aromatic heterocycles. The van der Waals surface area contributed by atoms with E-state index < -0.39 is 0 Å². The van der Waals surface area contributed by atoms with Crippen LogP contribution in [-0.2, 0) is 0 Å². The summed E-state index contributed by atoms with van der Waals surface area (Å²) in [6.45, 7) is 6.51. The number of thiocarbonyl (C=S) groups is 2. The first-order valence-electron chi connectivity index (χ1n) is 8.15. The molecule has 1 rings (SSSR count). The largest absolute Gasteiger partial charge is 0.361 e. The summed E-state index contributed by atoms with van der Waals surface area (Å²) in [5.74, 6) is 1.39. The first-order chi connectivity index (χ1) is 10.4. The van der Waals surface area contributed by atoms with Gasteiger partial charge in [0.25, 0.3) is 0 Å². The van der Waals surface area contributed by atoms with Crippen LogP contribution in [0.4, 0.5) is 0 Å². The number of nitrogens with one attached hydrogen (secondary N) is 4. The molecule has 0 bridgehead atoms. The highest BCUT2D eigenvalue weighted by atomic mass is 32.1. The van der Waals surface area contributed by atoms with Gasteiger partial charge >= 0.3 is 0 Å². The van der Waals surface area contributed by atoms with Gasteiger partial charge in [0.15, 0.2) is 10.2 Å². The SMILES string of the molecule is C[C@H]1[C@@H](NC(=S)NNC(=S)NCCCN(C)C)CCC[C@@H]1C. The summed E-state index contributed by atoms with van der Waals surface area (Å²) in [5.41, 5.74) is 5.91. The average Bonchev–Trinajstić information content (AvgIpc) is 2.46. The van der Waals surface area contributed by atoms with E-state index in [0.29, 0.717) is 22.2 Å². The molecule has 1 aliphatic carbocycles. The van der Waals surface area contributed by atoms with Gasteiger partial charge in [0, 0.05) is 12.6 Å². The summed E-state index contributed by atoms with van der Waals surface area (Å²) in [6, 6.07) is 0.451. The third kappa shape index (κ3) is 7.56. The van der Waals surface area contributed by atoms with E-state index in [0.717, 1.165) is 25.4 Å². The van der Waals surface area contributed by atoms with Crippen LogP contribution in [0, 0.1) is 11.8 Å². The van der Waals surface area contributed by atoms with Crippen molar-refractivity contribution in [2.75, 3.05) is 27.2 Å². The van der Waals surface area contributed by atoms with Gasteiger partial charge in [0.05, 0.1) is 0 Å². The lowest BCUT2D eigenvalue weighted by atomic mass is 9.78. The summed E-state index contributed by atoms with van der Waals surface area (Å²) in [5, 5.41) is 7.75. The minimum absolute atomic E-state index is 0.451. The lowest BCUT2D eigenvalue weighted by Gasteiger charge is -2.35. The highest BCUT2D eigenvalue weighted by molar-refractivity contribution is 7.80. The lowest BCUT2D eigenvalue weighted by Crippen LogP contribution is -2.54. The van der Waals surface area contributed by atoms with Gasteiger partial charge in [0.1, 0.15) is 0 Å². The summed E-state index contributed by atoms with van der Waals surface area (Å²) >= 11 is 10.5. The predicted molar refractivity (Wildman–Crippen MR) is 102 cm³/mol. The molecule has 22 heavy (non-hydrogen) atoms. The molecule has 1 aliphatic rings. The molecule has 7 heteroatoms. The normalized spacial score (nSPS) is 24.7. The van der Waals surface area contributed by atoms with Gasteiger partial charge < -0.3 is 15.5 Å². The van der Waals surface area contributed by atoms with Gasteiger partial charge in [-0.05, 0) is 69.8 Å². The van der Waals surface area contributed by atoms with E-state index in [2.05, 4.69) is 54.3 Å². The highest BCUT2D eigenvalue weighted by Crippen LogP contribution is 2.29. The summed E-state index contributed by atoms with van der Waals surface area (Å²) in [6.07, 6.45) is 4.82. The van der Waals surface area contributed by atoms with Crippen LogP contribution in [0.5, 0.6) is 0 Å². The second-order valence-corrected chi connectivity index (χ2v) is 7.33. The molecule has 0 heterocycles. The maximum atomic E-state index is 5.34. The number of nitrogens with zero attached hydrogens (tertiary/aromatic N) is 1. The number of hydrogen-bond acceptors (Lipinski definition) is 3. The van der Waals surface area contributed by atoms with Gasteiger partial charge in [-0.3, -0.25) is 10.9 Å². The molecule has 0 saturated heterocycles. The van der Waals surface area contributed by atoms with Gasteiger partial charge in [-0.25, -0.2) is 0 Å². The van der Waals surface area contributed by atoms with E-state index in [1.165, 1.54) is 19.3 Å². The molecule has 0 spiro atoms. The molecule has 0 aromatic rings. The monoisotopic (exact) mass is 345 g/mol. The van der Waals surface area contributed by atoms with E-state index >= 15 is 0 Å². The minimum atomic E-state index is 0.451. The zero-order valence-corrected chi connectivity index (χ0v) is 15.9. The Balaban J connectivity index is 2.15. The molecule has 0 unspecified atom stereocenters. The van der Waals surface area contributed by atoms with E-state index in [-0.39, 0.29) is 0 Å². The smallest absolute Gasteiger partial charge is 0.185 e.